The minimum Gasteiger partial charge on any atom is -0.497 e. The van der Waals surface area contributed by atoms with E-state index in [0.29, 0.717) is 16.5 Å². The van der Waals surface area contributed by atoms with E-state index in [1.807, 2.05) is 0 Å². The maximum atomic E-state index is 12.6. The zero-order valence-electron chi connectivity index (χ0n) is 13.8. The predicted molar refractivity (Wildman–Crippen MR) is 94.6 cm³/mol. The van der Waals surface area contributed by atoms with Gasteiger partial charge in [-0.05, 0) is 24.3 Å². The Bertz CT molecular complexity index is 822. The Labute approximate surface area is 151 Å². The Kier molecular flexibility index (Phi) is 6.52. The van der Waals surface area contributed by atoms with E-state index in [1.165, 1.54) is 26.4 Å². The van der Waals surface area contributed by atoms with Crippen molar-refractivity contribution in [2.75, 3.05) is 26.6 Å². The van der Waals surface area contributed by atoms with Crippen LogP contribution in [0.5, 0.6) is 17.2 Å². The molecule has 1 atom stereocenters. The first-order valence-electron chi connectivity index (χ1n) is 7.37. The number of hydrogen-bond donors (Lipinski definition) is 1. The molecule has 0 bridgehead atoms. The molecule has 0 amide bonds. The number of aliphatic hydroxyl groups excluding tert-OH is 1. The fourth-order valence-corrected chi connectivity index (χ4v) is 3.89. The zero-order chi connectivity index (χ0) is 18.4. The molecule has 0 spiro atoms. The molecule has 0 radical (unpaired) electrons. The molecule has 2 aromatic rings. The fraction of sp³-hybridized carbons (Fsp3) is 0.294. The maximum absolute atomic E-state index is 12.6. The number of benzene rings is 2. The molecule has 0 heterocycles. The van der Waals surface area contributed by atoms with Crippen LogP contribution in [0.25, 0.3) is 0 Å². The van der Waals surface area contributed by atoms with Gasteiger partial charge >= 0.3 is 0 Å². The van der Waals surface area contributed by atoms with Crippen LogP contribution in [0.4, 0.5) is 0 Å². The van der Waals surface area contributed by atoms with Crippen molar-refractivity contribution in [3.8, 4) is 17.2 Å². The summed E-state index contributed by atoms with van der Waals surface area (Å²) >= 11 is 5.95. The lowest BCUT2D eigenvalue weighted by Gasteiger charge is -2.15. The quantitative estimate of drug-likeness (QED) is 0.750. The molecule has 2 aromatic carbocycles. The number of methoxy groups -OCH3 is 2. The van der Waals surface area contributed by atoms with Crippen molar-refractivity contribution in [1.82, 2.24) is 0 Å². The van der Waals surface area contributed by atoms with Gasteiger partial charge in [-0.1, -0.05) is 23.7 Å². The van der Waals surface area contributed by atoms with Crippen LogP contribution in [0.3, 0.4) is 0 Å². The molecule has 6 nitrogen and oxygen atoms in total. The van der Waals surface area contributed by atoms with Crippen LogP contribution < -0.4 is 14.2 Å². The van der Waals surface area contributed by atoms with Crippen LogP contribution in [0.2, 0.25) is 5.02 Å². The largest absolute Gasteiger partial charge is 0.497 e. The van der Waals surface area contributed by atoms with Gasteiger partial charge in [-0.3, -0.25) is 0 Å². The number of sulfone groups is 1. The molecule has 136 valence electrons. The highest BCUT2D eigenvalue weighted by Crippen LogP contribution is 2.29. The van der Waals surface area contributed by atoms with Crippen molar-refractivity contribution >= 4 is 21.4 Å². The normalized spacial score (nSPS) is 12.5. The number of ether oxygens (including phenoxy) is 3. The number of hydrogen-bond acceptors (Lipinski definition) is 6. The fourth-order valence-electron chi connectivity index (χ4n) is 2.17. The van der Waals surface area contributed by atoms with E-state index in [-0.39, 0.29) is 17.3 Å². The van der Waals surface area contributed by atoms with Gasteiger partial charge in [0, 0.05) is 6.07 Å². The summed E-state index contributed by atoms with van der Waals surface area (Å²) in [6.07, 6.45) is -1.24. The summed E-state index contributed by atoms with van der Waals surface area (Å²) in [7, 11) is -1.01. The lowest BCUT2D eigenvalue weighted by Crippen LogP contribution is -2.27. The number of aliphatic hydroxyl groups is 1. The van der Waals surface area contributed by atoms with E-state index in [9.17, 15) is 13.5 Å². The molecule has 0 aliphatic carbocycles. The Balaban J connectivity index is 2.11. The van der Waals surface area contributed by atoms with Crippen molar-refractivity contribution < 1.29 is 27.7 Å². The molecule has 0 aromatic heterocycles. The summed E-state index contributed by atoms with van der Waals surface area (Å²) in [5.74, 6) is 0.404. The minimum atomic E-state index is -3.82. The van der Waals surface area contributed by atoms with Gasteiger partial charge in [0.2, 0.25) is 0 Å². The van der Waals surface area contributed by atoms with Gasteiger partial charge in [0.25, 0.3) is 0 Å². The van der Waals surface area contributed by atoms with Crippen LogP contribution in [0.15, 0.2) is 47.4 Å². The average Bonchev–Trinajstić information content (AvgIpc) is 2.60. The Morgan fingerprint density at radius 2 is 1.80 bits per heavy atom. The third kappa shape index (κ3) is 5.01. The van der Waals surface area contributed by atoms with Crippen molar-refractivity contribution in [2.24, 2.45) is 0 Å². The van der Waals surface area contributed by atoms with Crippen molar-refractivity contribution in [1.29, 1.82) is 0 Å². The lowest BCUT2D eigenvalue weighted by molar-refractivity contribution is 0.125. The van der Waals surface area contributed by atoms with Crippen LogP contribution >= 0.6 is 11.6 Å². The molecule has 1 N–H and O–H groups in total. The molecule has 0 saturated carbocycles. The summed E-state index contributed by atoms with van der Waals surface area (Å²) in [6, 6.07) is 11.2. The standard InChI is InChI=1S/C17H19ClO6S/c1-22-13-7-8-16(23-2)17(9-13)25(20,21)11-12(19)10-24-15-6-4-3-5-14(15)18/h3-9,12,19H,10-11H2,1-2H3. The highest BCUT2D eigenvalue weighted by molar-refractivity contribution is 7.91. The van der Waals surface area contributed by atoms with E-state index in [2.05, 4.69) is 0 Å². The predicted octanol–water partition coefficient (Wildman–Crippen LogP) is 2.57. The Hall–Kier alpha value is -1.96. The summed E-state index contributed by atoms with van der Waals surface area (Å²) < 4.78 is 40.7. The maximum Gasteiger partial charge on any atom is 0.184 e. The smallest absolute Gasteiger partial charge is 0.184 e. The molecule has 0 fully saturated rings. The molecule has 1 unspecified atom stereocenters. The minimum absolute atomic E-state index is 0.0499. The second-order valence-electron chi connectivity index (χ2n) is 5.19. The molecule has 0 aliphatic heterocycles. The van der Waals surface area contributed by atoms with E-state index >= 15 is 0 Å². The lowest BCUT2D eigenvalue weighted by atomic mass is 10.3. The summed E-state index contributed by atoms with van der Waals surface area (Å²) in [6.45, 7) is -0.213. The van der Waals surface area contributed by atoms with Gasteiger partial charge in [-0.25, -0.2) is 8.42 Å². The van der Waals surface area contributed by atoms with Crippen molar-refractivity contribution in [2.45, 2.75) is 11.0 Å². The highest BCUT2D eigenvalue weighted by atomic mass is 35.5. The molecular weight excluding hydrogens is 368 g/mol. The number of halogens is 1. The number of para-hydroxylation sites is 1. The molecule has 0 saturated heterocycles. The van der Waals surface area contributed by atoms with Gasteiger partial charge in [0.1, 0.15) is 34.9 Å². The molecule has 25 heavy (non-hydrogen) atoms. The SMILES string of the molecule is COc1ccc(OC)c(S(=O)(=O)CC(O)COc2ccccc2Cl)c1. The Morgan fingerprint density at radius 3 is 2.44 bits per heavy atom. The van der Waals surface area contributed by atoms with Crippen LogP contribution in [-0.4, -0.2) is 46.2 Å². The van der Waals surface area contributed by atoms with Crippen LogP contribution in [0, 0.1) is 0 Å². The first kappa shape index (κ1) is 19.4. The first-order chi connectivity index (χ1) is 11.9. The van der Waals surface area contributed by atoms with Gasteiger partial charge in [-0.2, -0.15) is 0 Å². The van der Waals surface area contributed by atoms with Crippen LogP contribution in [0.1, 0.15) is 0 Å². The monoisotopic (exact) mass is 386 g/mol. The third-order valence-corrected chi connectivity index (χ3v) is 5.51. The summed E-state index contributed by atoms with van der Waals surface area (Å²) in [5.41, 5.74) is 0. The first-order valence-corrected chi connectivity index (χ1v) is 9.40. The molecule has 8 heteroatoms. The van der Waals surface area contributed by atoms with Crippen molar-refractivity contribution in [3.05, 3.63) is 47.5 Å². The Morgan fingerprint density at radius 1 is 1.08 bits per heavy atom. The second-order valence-corrected chi connectivity index (χ2v) is 7.60. The van der Waals surface area contributed by atoms with Gasteiger partial charge < -0.3 is 19.3 Å². The second kappa shape index (κ2) is 8.42. The van der Waals surface area contributed by atoms with Crippen LogP contribution in [-0.2, 0) is 9.84 Å². The van der Waals surface area contributed by atoms with Crippen molar-refractivity contribution in [3.63, 3.8) is 0 Å². The molecule has 2 rings (SSSR count). The highest BCUT2D eigenvalue weighted by Gasteiger charge is 2.25. The number of rotatable bonds is 8. The van der Waals surface area contributed by atoms with E-state index < -0.39 is 21.7 Å². The summed E-state index contributed by atoms with van der Waals surface area (Å²) in [4.78, 5) is -0.0499. The molecule has 0 aliphatic rings. The average molecular weight is 387 g/mol. The van der Waals surface area contributed by atoms with Gasteiger partial charge in [0.05, 0.1) is 25.0 Å². The third-order valence-electron chi connectivity index (χ3n) is 3.39. The van der Waals surface area contributed by atoms with E-state index in [0.717, 1.165) is 0 Å². The van der Waals surface area contributed by atoms with E-state index in [4.69, 9.17) is 25.8 Å². The zero-order valence-corrected chi connectivity index (χ0v) is 15.4. The van der Waals surface area contributed by atoms with Gasteiger partial charge in [0.15, 0.2) is 9.84 Å². The van der Waals surface area contributed by atoms with Gasteiger partial charge in [-0.15, -0.1) is 0 Å². The van der Waals surface area contributed by atoms with E-state index in [1.54, 1.807) is 30.3 Å². The topological polar surface area (TPSA) is 82.1 Å². The molecular formula is C17H19ClO6S. The summed E-state index contributed by atoms with van der Waals surface area (Å²) in [5, 5.41) is 10.5.